The monoisotopic (exact) mass is 325 g/mol. The van der Waals surface area contributed by atoms with Gasteiger partial charge < -0.3 is 10.4 Å². The summed E-state index contributed by atoms with van der Waals surface area (Å²) >= 11 is 3.40. The third-order valence-electron chi connectivity index (χ3n) is 3.34. The average molecular weight is 326 g/mol. The molecule has 0 saturated heterocycles. The second-order valence-electron chi connectivity index (χ2n) is 4.95. The molecule has 4 nitrogen and oxygen atoms in total. The van der Waals surface area contributed by atoms with Crippen LogP contribution in [0.3, 0.4) is 0 Å². The highest BCUT2D eigenvalue weighted by atomic mass is 79.9. The minimum atomic E-state index is -0.875. The normalized spacial score (nSPS) is 15.9. The van der Waals surface area contributed by atoms with E-state index in [0.29, 0.717) is 11.5 Å². The van der Waals surface area contributed by atoms with Crippen LogP contribution < -0.4 is 5.32 Å². The van der Waals surface area contributed by atoms with Gasteiger partial charge in [-0.15, -0.1) is 0 Å². The summed E-state index contributed by atoms with van der Waals surface area (Å²) in [6.07, 6.45) is 1.97. The molecule has 2 N–H and O–H groups in total. The number of nitrogens with one attached hydrogen (secondary N) is 1. The van der Waals surface area contributed by atoms with E-state index in [0.717, 1.165) is 22.9 Å². The molecular formula is C14H16BrNO3. The van der Waals surface area contributed by atoms with Gasteiger partial charge in [0.25, 0.3) is 5.91 Å². The van der Waals surface area contributed by atoms with Gasteiger partial charge in [-0.3, -0.25) is 9.59 Å². The van der Waals surface area contributed by atoms with E-state index in [1.807, 2.05) is 19.1 Å². The zero-order chi connectivity index (χ0) is 14.0. The number of benzene rings is 1. The minimum Gasteiger partial charge on any atom is -0.481 e. The van der Waals surface area contributed by atoms with Crippen molar-refractivity contribution >= 4 is 27.8 Å². The third-order valence-corrected chi connectivity index (χ3v) is 4.39. The van der Waals surface area contributed by atoms with Crippen molar-refractivity contribution in [3.63, 3.8) is 0 Å². The van der Waals surface area contributed by atoms with Gasteiger partial charge in [0.2, 0.25) is 0 Å². The molecule has 1 amide bonds. The predicted octanol–water partition coefficient (Wildman–Crippen LogP) is 2.74. The number of hydrogen-bond acceptors (Lipinski definition) is 2. The SMILES string of the molecule is Cc1cccc(C(=O)NC(CC(=O)O)C2CC2)c1Br. The van der Waals surface area contributed by atoms with E-state index in [1.165, 1.54) is 0 Å². The van der Waals surface area contributed by atoms with Gasteiger partial charge in [-0.25, -0.2) is 0 Å². The van der Waals surface area contributed by atoms with Crippen LogP contribution in [0.5, 0.6) is 0 Å². The van der Waals surface area contributed by atoms with Crippen molar-refractivity contribution < 1.29 is 14.7 Å². The highest BCUT2D eigenvalue weighted by molar-refractivity contribution is 9.10. The van der Waals surface area contributed by atoms with Crippen LogP contribution in [-0.2, 0) is 4.79 Å². The summed E-state index contributed by atoms with van der Waals surface area (Å²) in [5.41, 5.74) is 1.53. The van der Waals surface area contributed by atoms with E-state index in [9.17, 15) is 9.59 Å². The molecule has 0 aliphatic heterocycles. The van der Waals surface area contributed by atoms with E-state index in [1.54, 1.807) is 6.07 Å². The van der Waals surface area contributed by atoms with Crippen molar-refractivity contribution in [1.82, 2.24) is 5.32 Å². The van der Waals surface area contributed by atoms with Gasteiger partial charge in [0.05, 0.1) is 12.0 Å². The van der Waals surface area contributed by atoms with Gasteiger partial charge >= 0.3 is 5.97 Å². The number of rotatable bonds is 5. The highest BCUT2D eigenvalue weighted by Crippen LogP contribution is 2.34. The Morgan fingerprint density at radius 3 is 2.74 bits per heavy atom. The van der Waals surface area contributed by atoms with Crippen LogP contribution in [0, 0.1) is 12.8 Å². The number of aliphatic carboxylic acids is 1. The lowest BCUT2D eigenvalue weighted by Gasteiger charge is -2.17. The molecule has 0 heterocycles. The largest absolute Gasteiger partial charge is 0.481 e. The standard InChI is InChI=1S/C14H16BrNO3/c1-8-3-2-4-10(13(8)15)14(19)16-11(7-12(17)18)9-5-6-9/h2-4,9,11H,5-7H2,1H3,(H,16,19)(H,17,18). The molecule has 1 aromatic carbocycles. The minimum absolute atomic E-state index is 0.0140. The Kier molecular flexibility index (Phi) is 4.24. The second kappa shape index (κ2) is 5.74. The Balaban J connectivity index is 2.10. The Morgan fingerprint density at radius 2 is 2.16 bits per heavy atom. The number of hydrogen-bond donors (Lipinski definition) is 2. The molecule has 1 aliphatic rings. The maximum atomic E-state index is 12.2. The molecule has 0 bridgehead atoms. The van der Waals surface area contributed by atoms with Crippen LogP contribution in [0.25, 0.3) is 0 Å². The van der Waals surface area contributed by atoms with Crippen LogP contribution in [0.1, 0.15) is 35.2 Å². The maximum absolute atomic E-state index is 12.2. The number of amides is 1. The van der Waals surface area contributed by atoms with Gasteiger partial charge in [0.1, 0.15) is 0 Å². The van der Waals surface area contributed by atoms with Crippen LogP contribution in [0.4, 0.5) is 0 Å². The fourth-order valence-corrected chi connectivity index (χ4v) is 2.54. The fourth-order valence-electron chi connectivity index (χ4n) is 2.09. The van der Waals surface area contributed by atoms with E-state index in [4.69, 9.17) is 5.11 Å². The first kappa shape index (κ1) is 14.1. The van der Waals surface area contributed by atoms with Crippen LogP contribution in [0.15, 0.2) is 22.7 Å². The van der Waals surface area contributed by atoms with Crippen LogP contribution in [-0.4, -0.2) is 23.0 Å². The van der Waals surface area contributed by atoms with Crippen molar-refractivity contribution in [1.29, 1.82) is 0 Å². The summed E-state index contributed by atoms with van der Waals surface area (Å²) in [5, 5.41) is 11.7. The van der Waals surface area contributed by atoms with Crippen LogP contribution >= 0.6 is 15.9 Å². The van der Waals surface area contributed by atoms with Gasteiger partial charge in [-0.2, -0.15) is 0 Å². The molecule has 1 saturated carbocycles. The lowest BCUT2D eigenvalue weighted by molar-refractivity contribution is -0.137. The summed E-state index contributed by atoms with van der Waals surface area (Å²) < 4.78 is 0.761. The van der Waals surface area contributed by atoms with Crippen molar-refractivity contribution in [2.45, 2.75) is 32.2 Å². The zero-order valence-electron chi connectivity index (χ0n) is 10.6. The quantitative estimate of drug-likeness (QED) is 0.874. The number of carbonyl (C=O) groups is 2. The summed E-state index contributed by atoms with van der Waals surface area (Å²) in [4.78, 5) is 23.0. The van der Waals surface area contributed by atoms with Crippen molar-refractivity contribution in [3.8, 4) is 0 Å². The van der Waals surface area contributed by atoms with Gasteiger partial charge in [0.15, 0.2) is 0 Å². The summed E-state index contributed by atoms with van der Waals surface area (Å²) in [6.45, 7) is 1.91. The number of carboxylic acids is 1. The topological polar surface area (TPSA) is 66.4 Å². The first-order valence-corrected chi connectivity index (χ1v) is 7.06. The van der Waals surface area contributed by atoms with Crippen LogP contribution in [0.2, 0.25) is 0 Å². The molecule has 0 aromatic heterocycles. The molecule has 0 spiro atoms. The van der Waals surface area contributed by atoms with E-state index in [2.05, 4.69) is 21.2 Å². The Morgan fingerprint density at radius 1 is 1.47 bits per heavy atom. The lowest BCUT2D eigenvalue weighted by atomic mass is 10.1. The third kappa shape index (κ3) is 3.56. The van der Waals surface area contributed by atoms with E-state index in [-0.39, 0.29) is 18.4 Å². The zero-order valence-corrected chi connectivity index (χ0v) is 12.2. The van der Waals surface area contributed by atoms with Gasteiger partial charge in [-0.1, -0.05) is 12.1 Å². The van der Waals surface area contributed by atoms with Crippen molar-refractivity contribution in [2.75, 3.05) is 0 Å². The first-order valence-electron chi connectivity index (χ1n) is 6.27. The smallest absolute Gasteiger partial charge is 0.305 e. The summed E-state index contributed by atoms with van der Waals surface area (Å²) in [5.74, 6) is -0.780. The predicted molar refractivity (Wildman–Crippen MR) is 75.1 cm³/mol. The van der Waals surface area contributed by atoms with E-state index >= 15 is 0 Å². The molecular weight excluding hydrogens is 310 g/mol. The Labute approximate surface area is 120 Å². The molecule has 2 rings (SSSR count). The van der Waals surface area contributed by atoms with Crippen molar-refractivity contribution in [2.24, 2.45) is 5.92 Å². The summed E-state index contributed by atoms with van der Waals surface area (Å²) in [6, 6.07) is 5.20. The van der Waals surface area contributed by atoms with E-state index < -0.39 is 5.97 Å². The molecule has 5 heteroatoms. The number of carboxylic acid groups (broad SMARTS) is 1. The Hall–Kier alpha value is -1.36. The number of halogens is 1. The fraction of sp³-hybridized carbons (Fsp3) is 0.429. The summed E-state index contributed by atoms with van der Waals surface area (Å²) in [7, 11) is 0. The molecule has 1 aromatic rings. The number of carbonyl (C=O) groups excluding carboxylic acids is 1. The second-order valence-corrected chi connectivity index (χ2v) is 5.74. The maximum Gasteiger partial charge on any atom is 0.305 e. The molecule has 0 radical (unpaired) electrons. The van der Waals surface area contributed by atoms with Crippen molar-refractivity contribution in [3.05, 3.63) is 33.8 Å². The molecule has 1 atom stereocenters. The molecule has 102 valence electrons. The van der Waals surface area contributed by atoms with Gasteiger partial charge in [0, 0.05) is 10.5 Å². The Bertz CT molecular complexity index is 511. The van der Waals surface area contributed by atoms with Gasteiger partial charge in [-0.05, 0) is 53.2 Å². The molecule has 1 fully saturated rings. The molecule has 1 unspecified atom stereocenters. The molecule has 1 aliphatic carbocycles. The molecule has 19 heavy (non-hydrogen) atoms. The highest BCUT2D eigenvalue weighted by Gasteiger charge is 2.34. The average Bonchev–Trinajstić information content (AvgIpc) is 3.15. The lowest BCUT2D eigenvalue weighted by Crippen LogP contribution is -2.38. The first-order chi connectivity index (χ1) is 8.99. The number of aryl methyl sites for hydroxylation is 1.